The molecule has 2 amide bonds. The second kappa shape index (κ2) is 12.0. The Balaban J connectivity index is 0.00000204. The van der Waals surface area contributed by atoms with Crippen LogP contribution in [0.25, 0.3) is 0 Å². The van der Waals surface area contributed by atoms with Gasteiger partial charge < -0.3 is 25.6 Å². The summed E-state index contributed by atoms with van der Waals surface area (Å²) in [5.74, 6) is -0.179. The van der Waals surface area contributed by atoms with E-state index in [1.807, 2.05) is 4.90 Å². The third kappa shape index (κ3) is 5.88. The summed E-state index contributed by atoms with van der Waals surface area (Å²) in [4.78, 5) is 28.0. The number of carbonyl (C=O) groups excluding carboxylic acids is 2. The number of hydrogen-bond acceptors (Lipinski definition) is 5. The standard InChI is InChI=1S/C25H38N4O3.2ClH/c1-16(26-4)23(30)28-20-12-13-32-22-14-25(2,3)21(29(22)24(20)31)15-27-19-11-7-9-17-8-5-6-10-18(17)19;;/h5-6,8,10,16,19-22,26-27H,7,9,11-15H2,1-4H3,(H,28,30);2*1H/t16?,19-,20+,21-,22+;;/m1../s1. The third-order valence-electron chi connectivity index (χ3n) is 7.59. The van der Waals surface area contributed by atoms with Gasteiger partial charge in [-0.2, -0.15) is 0 Å². The van der Waals surface area contributed by atoms with Crippen molar-refractivity contribution in [3.05, 3.63) is 35.4 Å². The van der Waals surface area contributed by atoms with Crippen LogP contribution in [0.4, 0.5) is 0 Å². The SMILES string of the molecule is CNC(C)C(=O)N[C@H]1CCO[C@H]2CC(C)(C)[C@@H](CN[C@@H]3CCCc4ccccc43)N2C1=O.Cl.Cl. The second-order valence-corrected chi connectivity index (χ2v) is 10.2. The number of ether oxygens (including phenoxy) is 1. The lowest BCUT2D eigenvalue weighted by atomic mass is 9.83. The van der Waals surface area contributed by atoms with E-state index in [0.717, 1.165) is 19.3 Å². The highest BCUT2D eigenvalue weighted by Gasteiger charge is 2.51. The molecule has 1 aliphatic carbocycles. The molecule has 5 atom stereocenters. The lowest BCUT2D eigenvalue weighted by molar-refractivity contribution is -0.144. The van der Waals surface area contributed by atoms with E-state index in [4.69, 9.17) is 4.74 Å². The highest BCUT2D eigenvalue weighted by Crippen LogP contribution is 2.42. The number of nitrogens with zero attached hydrogens (tertiary/aromatic N) is 1. The van der Waals surface area contributed by atoms with Crippen molar-refractivity contribution in [1.29, 1.82) is 0 Å². The van der Waals surface area contributed by atoms with Gasteiger partial charge in [-0.1, -0.05) is 38.1 Å². The van der Waals surface area contributed by atoms with E-state index < -0.39 is 6.04 Å². The van der Waals surface area contributed by atoms with Gasteiger partial charge in [-0.15, -0.1) is 24.8 Å². The first-order valence-corrected chi connectivity index (χ1v) is 12.0. The van der Waals surface area contributed by atoms with E-state index >= 15 is 0 Å². The van der Waals surface area contributed by atoms with Crippen LogP contribution in [-0.2, 0) is 20.7 Å². The molecule has 0 saturated carbocycles. The normalized spacial score (nSPS) is 28.5. The Kier molecular flexibility index (Phi) is 10.2. The van der Waals surface area contributed by atoms with Crippen LogP contribution in [0.2, 0.25) is 0 Å². The molecule has 34 heavy (non-hydrogen) atoms. The third-order valence-corrected chi connectivity index (χ3v) is 7.59. The number of nitrogens with one attached hydrogen (secondary N) is 3. The summed E-state index contributed by atoms with van der Waals surface area (Å²) in [7, 11) is 1.74. The van der Waals surface area contributed by atoms with E-state index in [-0.39, 0.29) is 60.4 Å². The molecular formula is C25H40Cl2N4O3. The van der Waals surface area contributed by atoms with Gasteiger partial charge in [0, 0.05) is 19.0 Å². The Morgan fingerprint density at radius 1 is 1.21 bits per heavy atom. The number of aryl methyl sites for hydroxylation is 1. The van der Waals surface area contributed by atoms with Crippen LogP contribution >= 0.6 is 24.8 Å². The van der Waals surface area contributed by atoms with Crippen molar-refractivity contribution >= 4 is 36.6 Å². The molecule has 2 aliphatic heterocycles. The Morgan fingerprint density at radius 3 is 2.68 bits per heavy atom. The van der Waals surface area contributed by atoms with Crippen molar-refractivity contribution in [2.75, 3.05) is 20.2 Å². The van der Waals surface area contributed by atoms with Gasteiger partial charge in [0.25, 0.3) is 0 Å². The van der Waals surface area contributed by atoms with Gasteiger partial charge in [-0.3, -0.25) is 9.59 Å². The Morgan fingerprint density at radius 2 is 1.94 bits per heavy atom. The van der Waals surface area contributed by atoms with E-state index in [1.165, 1.54) is 17.5 Å². The zero-order valence-corrected chi connectivity index (χ0v) is 22.3. The maximum atomic E-state index is 13.6. The average molecular weight is 516 g/mol. The molecule has 3 aliphatic rings. The zero-order valence-electron chi connectivity index (χ0n) is 20.6. The monoisotopic (exact) mass is 514 g/mol. The van der Waals surface area contributed by atoms with Crippen LogP contribution < -0.4 is 16.0 Å². The average Bonchev–Trinajstić information content (AvgIpc) is 2.95. The van der Waals surface area contributed by atoms with E-state index in [2.05, 4.69) is 54.1 Å². The van der Waals surface area contributed by atoms with Gasteiger partial charge in [-0.25, -0.2) is 0 Å². The fourth-order valence-corrected chi connectivity index (χ4v) is 5.48. The molecule has 4 rings (SSSR count). The maximum Gasteiger partial charge on any atom is 0.247 e. The number of amides is 2. The summed E-state index contributed by atoms with van der Waals surface area (Å²) >= 11 is 0. The van der Waals surface area contributed by atoms with Crippen molar-refractivity contribution < 1.29 is 14.3 Å². The van der Waals surface area contributed by atoms with Gasteiger partial charge in [0.15, 0.2) is 0 Å². The fourth-order valence-electron chi connectivity index (χ4n) is 5.48. The number of likely N-dealkylation sites (N-methyl/N-ethyl adjacent to an activating group) is 1. The molecule has 0 bridgehead atoms. The van der Waals surface area contributed by atoms with Crippen LogP contribution in [0.15, 0.2) is 24.3 Å². The van der Waals surface area contributed by atoms with Crippen LogP contribution in [0.1, 0.15) is 63.6 Å². The second-order valence-electron chi connectivity index (χ2n) is 10.2. The molecule has 3 N–H and O–H groups in total. The molecule has 0 aromatic heterocycles. The summed E-state index contributed by atoms with van der Waals surface area (Å²) in [5, 5.41) is 9.67. The summed E-state index contributed by atoms with van der Waals surface area (Å²) < 4.78 is 6.12. The fraction of sp³-hybridized carbons (Fsp3) is 0.680. The van der Waals surface area contributed by atoms with Gasteiger partial charge >= 0.3 is 0 Å². The number of rotatable bonds is 6. The van der Waals surface area contributed by atoms with Crippen LogP contribution in [-0.4, -0.2) is 61.3 Å². The summed E-state index contributed by atoms with van der Waals surface area (Å²) in [6.07, 6.45) is 4.50. The van der Waals surface area contributed by atoms with Gasteiger partial charge in [0.05, 0.1) is 18.7 Å². The van der Waals surface area contributed by atoms with E-state index in [9.17, 15) is 9.59 Å². The van der Waals surface area contributed by atoms with Gasteiger partial charge in [0.1, 0.15) is 12.3 Å². The van der Waals surface area contributed by atoms with Crippen molar-refractivity contribution in [1.82, 2.24) is 20.9 Å². The zero-order chi connectivity index (χ0) is 22.9. The Hall–Kier alpha value is -1.38. The molecule has 1 aromatic rings. The van der Waals surface area contributed by atoms with Crippen LogP contribution in [0.5, 0.6) is 0 Å². The van der Waals surface area contributed by atoms with Crippen molar-refractivity contribution in [2.45, 2.75) is 83.3 Å². The predicted octanol–water partition coefficient (Wildman–Crippen LogP) is 2.96. The first-order valence-electron chi connectivity index (χ1n) is 12.0. The number of fused-ring (bicyclic) bond motifs is 2. The minimum Gasteiger partial charge on any atom is -0.358 e. The van der Waals surface area contributed by atoms with E-state index in [1.54, 1.807) is 14.0 Å². The Bertz CT molecular complexity index is 853. The van der Waals surface area contributed by atoms with Crippen molar-refractivity contribution in [3.63, 3.8) is 0 Å². The largest absolute Gasteiger partial charge is 0.358 e. The molecule has 1 unspecified atom stereocenters. The van der Waals surface area contributed by atoms with Crippen molar-refractivity contribution in [3.8, 4) is 0 Å². The van der Waals surface area contributed by atoms with Gasteiger partial charge in [-0.05, 0) is 56.2 Å². The Labute approximate surface area is 216 Å². The highest BCUT2D eigenvalue weighted by molar-refractivity contribution is 5.90. The summed E-state index contributed by atoms with van der Waals surface area (Å²) in [6.45, 7) is 7.42. The molecule has 2 saturated heterocycles. The number of benzene rings is 1. The summed E-state index contributed by atoms with van der Waals surface area (Å²) in [5.41, 5.74) is 2.73. The minimum absolute atomic E-state index is 0. The lowest BCUT2D eigenvalue weighted by Crippen LogP contribution is -2.56. The molecule has 1 aromatic carbocycles. The van der Waals surface area contributed by atoms with E-state index in [0.29, 0.717) is 25.6 Å². The van der Waals surface area contributed by atoms with Crippen LogP contribution in [0.3, 0.4) is 0 Å². The topological polar surface area (TPSA) is 82.7 Å². The highest BCUT2D eigenvalue weighted by atomic mass is 35.5. The molecule has 7 nitrogen and oxygen atoms in total. The molecule has 0 radical (unpaired) electrons. The molecular weight excluding hydrogens is 475 g/mol. The lowest BCUT2D eigenvalue weighted by Gasteiger charge is -2.37. The molecule has 0 spiro atoms. The van der Waals surface area contributed by atoms with Crippen LogP contribution in [0, 0.1) is 5.41 Å². The maximum absolute atomic E-state index is 13.6. The summed E-state index contributed by atoms with van der Waals surface area (Å²) in [6, 6.07) is 8.10. The van der Waals surface area contributed by atoms with Gasteiger partial charge in [0.2, 0.25) is 11.8 Å². The smallest absolute Gasteiger partial charge is 0.247 e. The molecule has 9 heteroatoms. The number of carbonyl (C=O) groups is 2. The first kappa shape index (κ1) is 28.9. The molecule has 192 valence electrons. The minimum atomic E-state index is -0.546. The quantitative estimate of drug-likeness (QED) is 0.543. The molecule has 2 fully saturated rings. The number of hydrogen-bond donors (Lipinski definition) is 3. The number of halogens is 2. The first-order chi connectivity index (χ1) is 15.3. The van der Waals surface area contributed by atoms with Crippen molar-refractivity contribution in [2.24, 2.45) is 5.41 Å². The molecule has 2 heterocycles. The predicted molar refractivity (Wildman–Crippen MR) is 138 cm³/mol.